The summed E-state index contributed by atoms with van der Waals surface area (Å²) in [6.07, 6.45) is 4.41. The maximum absolute atomic E-state index is 9.20. The largest absolute Gasteiger partial charge is 0.492 e. The third-order valence-electron chi connectivity index (χ3n) is 6.05. The van der Waals surface area contributed by atoms with Crippen LogP contribution in [0.4, 0.5) is 0 Å². The molecule has 0 saturated carbocycles. The van der Waals surface area contributed by atoms with Crippen molar-refractivity contribution in [2.75, 3.05) is 27.2 Å². The molecule has 1 aliphatic rings. The fourth-order valence-corrected chi connectivity index (χ4v) is 4.71. The average molecular weight is 478 g/mol. The molecule has 0 amide bonds. The molecule has 34 heavy (non-hydrogen) atoms. The number of fused-ring (bicyclic) bond motifs is 1. The van der Waals surface area contributed by atoms with Gasteiger partial charge >= 0.3 is 8.60 Å². The van der Waals surface area contributed by atoms with Gasteiger partial charge in [-0.05, 0) is 97.4 Å². The van der Waals surface area contributed by atoms with Crippen molar-refractivity contribution in [1.29, 1.82) is 0 Å². The topological polar surface area (TPSA) is 62.2 Å². The van der Waals surface area contributed by atoms with Crippen LogP contribution in [0.2, 0.25) is 0 Å². The molecule has 5 nitrogen and oxygen atoms in total. The van der Waals surface area contributed by atoms with Crippen LogP contribution in [-0.4, -0.2) is 41.9 Å². The highest BCUT2D eigenvalue weighted by molar-refractivity contribution is 7.39. The summed E-state index contributed by atoms with van der Waals surface area (Å²) in [7, 11) is 1.63. The van der Waals surface area contributed by atoms with E-state index in [9.17, 15) is 9.79 Å². The summed E-state index contributed by atoms with van der Waals surface area (Å²) in [4.78, 5) is 20.5. The Hall–Kier alpha value is -2.69. The molecule has 178 valence electrons. The Morgan fingerprint density at radius 1 is 0.824 bits per heavy atom. The number of allylic oxidation sites excluding steroid dienone is 1. The number of nitrogens with zero attached hydrogens (tertiary/aromatic N) is 1. The van der Waals surface area contributed by atoms with E-state index in [2.05, 4.69) is 41.3 Å². The van der Waals surface area contributed by atoms with Gasteiger partial charge in [-0.25, -0.2) is 0 Å². The first-order valence-electron chi connectivity index (χ1n) is 11.7. The first-order chi connectivity index (χ1) is 16.5. The number of rotatable bonds is 8. The fourth-order valence-electron chi connectivity index (χ4n) is 4.40. The van der Waals surface area contributed by atoms with Crippen molar-refractivity contribution < 1.29 is 19.0 Å². The van der Waals surface area contributed by atoms with E-state index in [0.717, 1.165) is 42.7 Å². The van der Waals surface area contributed by atoms with E-state index in [0.29, 0.717) is 12.4 Å². The van der Waals surface area contributed by atoms with Crippen molar-refractivity contribution in [1.82, 2.24) is 4.90 Å². The highest BCUT2D eigenvalue weighted by Crippen LogP contribution is 2.40. The molecule has 6 heteroatoms. The normalized spacial score (nSPS) is 15.1. The van der Waals surface area contributed by atoms with Crippen LogP contribution in [-0.2, 0) is 6.42 Å². The quantitative estimate of drug-likeness (QED) is 0.312. The first kappa shape index (κ1) is 24.4. The van der Waals surface area contributed by atoms with Crippen LogP contribution in [0.15, 0.2) is 72.8 Å². The van der Waals surface area contributed by atoms with Gasteiger partial charge in [0.15, 0.2) is 0 Å². The van der Waals surface area contributed by atoms with Crippen molar-refractivity contribution in [3.05, 3.63) is 95.1 Å². The molecule has 4 rings (SSSR count). The van der Waals surface area contributed by atoms with Gasteiger partial charge in [-0.2, -0.15) is 0 Å². The summed E-state index contributed by atoms with van der Waals surface area (Å²) < 4.78 is 11.0. The van der Waals surface area contributed by atoms with Gasteiger partial charge in [0.1, 0.15) is 18.1 Å². The molecule has 0 bridgehead atoms. The number of hydrogen-bond acceptors (Lipinski definition) is 5. The molecule has 0 atom stereocenters. The monoisotopic (exact) mass is 477 g/mol. The van der Waals surface area contributed by atoms with Gasteiger partial charge in [0.05, 0.1) is 0 Å². The Morgan fingerprint density at radius 3 is 2.09 bits per heavy atom. The minimum Gasteiger partial charge on any atom is -0.492 e. The molecule has 0 aliphatic heterocycles. The standard InChI is InChI=1S/C28H32NO4P/c1-29(2)19-20-32-24-15-11-22(12-16-24)28(23-13-17-25(18-14-23)33-34(30)31)27-10-6-4-8-21-7-3-5-9-26(21)27/h3,5,7,9,11-18,30-31H,4,6,8,10,19-20H2,1-2H3. The van der Waals surface area contributed by atoms with Gasteiger partial charge in [0.2, 0.25) is 0 Å². The summed E-state index contributed by atoms with van der Waals surface area (Å²) in [5, 5.41) is 0. The second kappa shape index (κ2) is 11.6. The average Bonchev–Trinajstić information content (AvgIpc) is 3.04. The summed E-state index contributed by atoms with van der Waals surface area (Å²) >= 11 is 0. The van der Waals surface area contributed by atoms with Crippen molar-refractivity contribution in [2.24, 2.45) is 0 Å². The van der Waals surface area contributed by atoms with Crippen molar-refractivity contribution >= 4 is 19.7 Å². The predicted octanol–water partition coefficient (Wildman–Crippen LogP) is 5.90. The molecule has 0 unspecified atom stereocenters. The molecular weight excluding hydrogens is 445 g/mol. The Bertz CT molecular complexity index is 1110. The van der Waals surface area contributed by atoms with Crippen LogP contribution in [0.25, 0.3) is 11.1 Å². The molecule has 0 radical (unpaired) electrons. The molecule has 2 N–H and O–H groups in total. The van der Waals surface area contributed by atoms with Gasteiger partial charge in [-0.1, -0.05) is 48.5 Å². The number of aryl methyl sites for hydroxylation is 1. The number of hydrogen-bond donors (Lipinski definition) is 2. The molecular formula is C28H32NO4P. The lowest BCUT2D eigenvalue weighted by Crippen LogP contribution is -2.19. The third-order valence-corrected chi connectivity index (χ3v) is 6.42. The van der Waals surface area contributed by atoms with Gasteiger partial charge in [-0.3, -0.25) is 0 Å². The van der Waals surface area contributed by atoms with Crippen LogP contribution in [0.3, 0.4) is 0 Å². The maximum Gasteiger partial charge on any atom is 0.391 e. The lowest BCUT2D eigenvalue weighted by Gasteiger charge is -2.18. The van der Waals surface area contributed by atoms with Gasteiger partial charge in [0.25, 0.3) is 0 Å². The molecule has 0 aromatic heterocycles. The lowest BCUT2D eigenvalue weighted by molar-refractivity contribution is 0.261. The van der Waals surface area contributed by atoms with E-state index in [-0.39, 0.29) is 0 Å². The van der Waals surface area contributed by atoms with Crippen LogP contribution in [0, 0.1) is 0 Å². The van der Waals surface area contributed by atoms with Crippen LogP contribution in [0.5, 0.6) is 11.5 Å². The minimum atomic E-state index is -2.44. The zero-order valence-electron chi connectivity index (χ0n) is 19.8. The summed E-state index contributed by atoms with van der Waals surface area (Å²) in [5.74, 6) is 1.30. The maximum atomic E-state index is 9.20. The molecule has 0 saturated heterocycles. The highest BCUT2D eigenvalue weighted by Gasteiger charge is 2.19. The highest BCUT2D eigenvalue weighted by atomic mass is 31.2. The van der Waals surface area contributed by atoms with Crippen LogP contribution < -0.4 is 9.26 Å². The Kier molecular flexibility index (Phi) is 8.36. The fraction of sp³-hybridized carbons (Fsp3) is 0.286. The van der Waals surface area contributed by atoms with Gasteiger partial charge in [-0.15, -0.1) is 0 Å². The first-order valence-corrected chi connectivity index (χ1v) is 12.8. The second-order valence-corrected chi connectivity index (χ2v) is 9.45. The molecule has 1 aliphatic carbocycles. The van der Waals surface area contributed by atoms with E-state index in [4.69, 9.17) is 9.26 Å². The molecule has 0 heterocycles. The molecule has 3 aromatic carbocycles. The zero-order chi connectivity index (χ0) is 23.9. The molecule has 0 spiro atoms. The third kappa shape index (κ3) is 6.25. The van der Waals surface area contributed by atoms with E-state index < -0.39 is 8.60 Å². The Morgan fingerprint density at radius 2 is 1.44 bits per heavy atom. The summed E-state index contributed by atoms with van der Waals surface area (Å²) in [6.45, 7) is 1.51. The second-order valence-electron chi connectivity index (χ2n) is 8.76. The van der Waals surface area contributed by atoms with Gasteiger partial charge < -0.3 is 23.9 Å². The van der Waals surface area contributed by atoms with E-state index in [1.807, 2.05) is 38.4 Å². The molecule has 0 fully saturated rings. The smallest absolute Gasteiger partial charge is 0.391 e. The molecule has 3 aromatic rings. The van der Waals surface area contributed by atoms with E-state index in [1.165, 1.54) is 28.7 Å². The number of likely N-dealkylation sites (N-methyl/N-ethyl adjacent to an activating group) is 1. The van der Waals surface area contributed by atoms with Crippen molar-refractivity contribution in [3.8, 4) is 11.5 Å². The SMILES string of the molecule is CN(C)CCOc1ccc(C(=C2CCCCc3ccccc32)c2ccc(OP(O)O)cc2)cc1. The summed E-state index contributed by atoms with van der Waals surface area (Å²) in [5.41, 5.74) is 7.44. The van der Waals surface area contributed by atoms with Crippen molar-refractivity contribution in [3.63, 3.8) is 0 Å². The van der Waals surface area contributed by atoms with E-state index in [1.54, 1.807) is 12.1 Å². The Balaban J connectivity index is 1.76. The number of benzene rings is 3. The summed E-state index contributed by atoms with van der Waals surface area (Å²) in [6, 6.07) is 24.6. The van der Waals surface area contributed by atoms with Gasteiger partial charge in [0, 0.05) is 6.54 Å². The van der Waals surface area contributed by atoms with Crippen molar-refractivity contribution in [2.45, 2.75) is 25.7 Å². The zero-order valence-corrected chi connectivity index (χ0v) is 20.7. The lowest BCUT2D eigenvalue weighted by atomic mass is 9.86. The minimum absolute atomic E-state index is 0.440. The Labute approximate surface area is 203 Å². The van der Waals surface area contributed by atoms with Crippen LogP contribution >= 0.6 is 8.60 Å². The number of ether oxygens (including phenoxy) is 1. The van der Waals surface area contributed by atoms with E-state index >= 15 is 0 Å². The van der Waals surface area contributed by atoms with Crippen LogP contribution in [0.1, 0.15) is 41.5 Å². The predicted molar refractivity (Wildman–Crippen MR) is 139 cm³/mol.